The second kappa shape index (κ2) is 6.51. The molecule has 0 fully saturated rings. The molecular weight excluding hydrogens is 374 g/mol. The molecule has 1 amide bonds. The van der Waals surface area contributed by atoms with E-state index in [4.69, 9.17) is 5.11 Å². The van der Waals surface area contributed by atoms with E-state index in [2.05, 4.69) is 37.2 Å². The van der Waals surface area contributed by atoms with Crippen molar-refractivity contribution in [1.29, 1.82) is 0 Å². The van der Waals surface area contributed by atoms with Crippen molar-refractivity contribution in [3.8, 4) is 0 Å². The van der Waals surface area contributed by atoms with Gasteiger partial charge in [0.15, 0.2) is 0 Å². The number of rotatable bonds is 5. The van der Waals surface area contributed by atoms with Crippen LogP contribution in [0.5, 0.6) is 0 Å². The van der Waals surface area contributed by atoms with Gasteiger partial charge in [-0.05, 0) is 44.3 Å². The topological polar surface area (TPSA) is 66.4 Å². The third kappa shape index (κ3) is 4.08. The molecule has 0 aliphatic heterocycles. The zero-order valence-corrected chi connectivity index (χ0v) is 13.0. The van der Waals surface area contributed by atoms with Crippen LogP contribution in [0.3, 0.4) is 0 Å². The predicted octanol–water partition coefficient (Wildman–Crippen LogP) is 3.26. The number of amides is 1. The number of hydrogen-bond acceptors (Lipinski definition) is 3. The molecule has 7 heteroatoms. The van der Waals surface area contributed by atoms with Gasteiger partial charge in [0.05, 0.1) is 13.1 Å². The summed E-state index contributed by atoms with van der Waals surface area (Å²) in [6.45, 7) is 1.87. The maximum absolute atomic E-state index is 11.8. The van der Waals surface area contributed by atoms with E-state index in [0.717, 1.165) is 3.79 Å². The second-order valence-electron chi connectivity index (χ2n) is 3.39. The van der Waals surface area contributed by atoms with E-state index >= 15 is 0 Å². The zero-order valence-electron chi connectivity index (χ0n) is 9.00. The minimum atomic E-state index is -1.01. The van der Waals surface area contributed by atoms with Crippen molar-refractivity contribution in [3.05, 3.63) is 19.2 Å². The van der Waals surface area contributed by atoms with E-state index in [0.29, 0.717) is 22.2 Å². The van der Waals surface area contributed by atoms with Gasteiger partial charge in [-0.1, -0.05) is 13.3 Å². The number of hydrogen-bond donors (Lipinski definition) is 2. The first kappa shape index (κ1) is 14.7. The monoisotopic (exact) mass is 383 g/mol. The number of carbonyl (C=O) groups is 2. The van der Waals surface area contributed by atoms with Gasteiger partial charge in [0.2, 0.25) is 0 Å². The molecular formula is C10H11Br2NO3S. The highest BCUT2D eigenvalue weighted by atomic mass is 79.9. The normalized spacial score (nSPS) is 12.2. The summed E-state index contributed by atoms with van der Waals surface area (Å²) in [4.78, 5) is 22.8. The molecule has 17 heavy (non-hydrogen) atoms. The number of thiophene rings is 1. The number of aliphatic carboxylic acids is 1. The van der Waals surface area contributed by atoms with Crippen molar-refractivity contribution in [1.82, 2.24) is 5.32 Å². The molecule has 0 aromatic carbocycles. The molecule has 1 aromatic rings. The number of halogens is 2. The fraction of sp³-hybridized carbons (Fsp3) is 0.400. The van der Waals surface area contributed by atoms with Crippen LogP contribution in [0.15, 0.2) is 13.6 Å². The first-order valence-corrected chi connectivity index (χ1v) is 7.34. The zero-order chi connectivity index (χ0) is 13.0. The maximum Gasteiger partial charge on any atom is 0.326 e. The van der Waals surface area contributed by atoms with Crippen molar-refractivity contribution in [2.45, 2.75) is 25.8 Å². The van der Waals surface area contributed by atoms with Gasteiger partial charge in [-0.25, -0.2) is 4.79 Å². The van der Waals surface area contributed by atoms with E-state index < -0.39 is 12.0 Å². The number of nitrogens with one attached hydrogen (secondary N) is 1. The molecule has 1 aromatic heterocycles. The maximum atomic E-state index is 11.8. The molecule has 1 rings (SSSR count). The highest BCUT2D eigenvalue weighted by Crippen LogP contribution is 2.31. The lowest BCUT2D eigenvalue weighted by molar-refractivity contribution is -0.139. The van der Waals surface area contributed by atoms with Gasteiger partial charge in [0, 0.05) is 0 Å². The number of carboxylic acid groups (broad SMARTS) is 1. The SMILES string of the molecule is CCCC(NC(=O)c1cc(Br)sc1Br)C(=O)O. The van der Waals surface area contributed by atoms with Crippen LogP contribution in [0.4, 0.5) is 0 Å². The van der Waals surface area contributed by atoms with Gasteiger partial charge in [0.25, 0.3) is 5.91 Å². The quantitative estimate of drug-likeness (QED) is 0.818. The summed E-state index contributed by atoms with van der Waals surface area (Å²) in [5, 5.41) is 11.4. The summed E-state index contributed by atoms with van der Waals surface area (Å²) >= 11 is 7.90. The largest absolute Gasteiger partial charge is 0.480 e. The van der Waals surface area contributed by atoms with E-state index in [1.165, 1.54) is 11.3 Å². The van der Waals surface area contributed by atoms with Crippen LogP contribution in [0.1, 0.15) is 30.1 Å². The Morgan fingerprint density at radius 1 is 1.53 bits per heavy atom. The lowest BCUT2D eigenvalue weighted by Gasteiger charge is -2.12. The van der Waals surface area contributed by atoms with Crippen LogP contribution in [0.2, 0.25) is 0 Å². The molecule has 0 saturated carbocycles. The Morgan fingerprint density at radius 2 is 2.18 bits per heavy atom. The Labute approximate surface area is 120 Å². The minimum absolute atomic E-state index is 0.375. The molecule has 1 unspecified atom stereocenters. The lowest BCUT2D eigenvalue weighted by atomic mass is 10.1. The summed E-state index contributed by atoms with van der Waals surface area (Å²) in [5.74, 6) is -1.38. The summed E-state index contributed by atoms with van der Waals surface area (Å²) in [7, 11) is 0. The molecule has 1 atom stereocenters. The average Bonchev–Trinajstić information content (AvgIpc) is 2.57. The molecule has 1 heterocycles. The third-order valence-electron chi connectivity index (χ3n) is 2.08. The number of carbonyl (C=O) groups excluding carboxylic acids is 1. The highest BCUT2D eigenvalue weighted by Gasteiger charge is 2.21. The fourth-order valence-electron chi connectivity index (χ4n) is 1.28. The van der Waals surface area contributed by atoms with Gasteiger partial charge in [0.1, 0.15) is 6.04 Å². The summed E-state index contributed by atoms with van der Waals surface area (Å²) in [6, 6.07) is 0.827. The predicted molar refractivity (Wildman–Crippen MR) is 73.5 cm³/mol. The van der Waals surface area contributed by atoms with Gasteiger partial charge < -0.3 is 10.4 Å². The van der Waals surface area contributed by atoms with Crippen LogP contribution in [0, 0.1) is 0 Å². The highest BCUT2D eigenvalue weighted by molar-refractivity contribution is 9.12. The Balaban J connectivity index is 2.77. The van der Waals surface area contributed by atoms with Crippen molar-refractivity contribution < 1.29 is 14.7 Å². The summed E-state index contributed by atoms with van der Waals surface area (Å²) in [6.07, 6.45) is 1.12. The van der Waals surface area contributed by atoms with Crippen LogP contribution in [-0.4, -0.2) is 23.0 Å². The molecule has 0 saturated heterocycles. The third-order valence-corrected chi connectivity index (χ3v) is 4.42. The molecule has 0 spiro atoms. The lowest BCUT2D eigenvalue weighted by Crippen LogP contribution is -2.40. The molecule has 4 nitrogen and oxygen atoms in total. The van der Waals surface area contributed by atoms with Crippen LogP contribution in [-0.2, 0) is 4.79 Å². The molecule has 94 valence electrons. The second-order valence-corrected chi connectivity index (χ2v) is 7.14. The van der Waals surface area contributed by atoms with E-state index in [1.54, 1.807) is 6.07 Å². The van der Waals surface area contributed by atoms with Crippen molar-refractivity contribution >= 4 is 55.1 Å². The number of carboxylic acids is 1. The van der Waals surface area contributed by atoms with Crippen molar-refractivity contribution in [3.63, 3.8) is 0 Å². The Kier molecular flexibility index (Phi) is 5.61. The van der Waals surface area contributed by atoms with Crippen molar-refractivity contribution in [2.24, 2.45) is 0 Å². The fourth-order valence-corrected chi connectivity index (χ4v) is 4.07. The average molecular weight is 385 g/mol. The first-order valence-electron chi connectivity index (χ1n) is 4.94. The van der Waals surface area contributed by atoms with Crippen LogP contribution in [0.25, 0.3) is 0 Å². The van der Waals surface area contributed by atoms with Gasteiger partial charge in [-0.2, -0.15) is 0 Å². The van der Waals surface area contributed by atoms with Gasteiger partial charge >= 0.3 is 5.97 Å². The summed E-state index contributed by atoms with van der Waals surface area (Å²) in [5.41, 5.74) is 0.448. The van der Waals surface area contributed by atoms with Gasteiger partial charge in [-0.3, -0.25) is 4.79 Å². The van der Waals surface area contributed by atoms with Crippen LogP contribution < -0.4 is 5.32 Å². The standard InChI is InChI=1S/C10H11Br2NO3S/c1-2-3-6(10(15)16)13-9(14)5-4-7(11)17-8(5)12/h4,6H,2-3H2,1H3,(H,13,14)(H,15,16). The van der Waals surface area contributed by atoms with E-state index in [-0.39, 0.29) is 5.91 Å². The van der Waals surface area contributed by atoms with Crippen molar-refractivity contribution in [2.75, 3.05) is 0 Å². The van der Waals surface area contributed by atoms with Gasteiger partial charge in [-0.15, -0.1) is 11.3 Å². The van der Waals surface area contributed by atoms with E-state index in [9.17, 15) is 9.59 Å². The smallest absolute Gasteiger partial charge is 0.326 e. The molecule has 0 aliphatic carbocycles. The Hall–Kier alpha value is -0.400. The first-order chi connectivity index (χ1) is 7.95. The Morgan fingerprint density at radius 3 is 2.59 bits per heavy atom. The molecule has 0 aliphatic rings. The van der Waals surface area contributed by atoms with E-state index in [1.807, 2.05) is 6.92 Å². The van der Waals surface area contributed by atoms with Crippen LogP contribution >= 0.6 is 43.2 Å². The molecule has 0 radical (unpaired) electrons. The summed E-state index contributed by atoms with van der Waals surface area (Å²) < 4.78 is 1.50. The molecule has 2 N–H and O–H groups in total. The minimum Gasteiger partial charge on any atom is -0.480 e. The molecule has 0 bridgehead atoms. The Bertz CT molecular complexity index is 433.